The average molecular weight is 519 g/mol. The van der Waals surface area contributed by atoms with Crippen molar-refractivity contribution in [3.8, 4) is 5.75 Å². The van der Waals surface area contributed by atoms with Gasteiger partial charge in [0.25, 0.3) is 5.91 Å². The summed E-state index contributed by atoms with van der Waals surface area (Å²) in [5, 5.41) is 9.61. The van der Waals surface area contributed by atoms with E-state index >= 15 is 0 Å². The number of carbonyl (C=O) groups excluding carboxylic acids is 1. The van der Waals surface area contributed by atoms with E-state index in [1.807, 2.05) is 17.5 Å². The lowest BCUT2D eigenvalue weighted by Gasteiger charge is -2.33. The van der Waals surface area contributed by atoms with Crippen LogP contribution in [0.25, 0.3) is 10.9 Å². The van der Waals surface area contributed by atoms with Crippen LogP contribution in [0.2, 0.25) is 0 Å². The maximum atomic E-state index is 11.7. The summed E-state index contributed by atoms with van der Waals surface area (Å²) in [6, 6.07) is 8.26. The van der Waals surface area contributed by atoms with Crippen LogP contribution in [0, 0.1) is 6.92 Å². The first-order valence-corrected chi connectivity index (χ1v) is 13.6. The Morgan fingerprint density at radius 2 is 2.00 bits per heavy atom. The largest absolute Gasteiger partial charge is 0.495 e. The van der Waals surface area contributed by atoms with Crippen molar-refractivity contribution in [3.05, 3.63) is 58.0 Å². The number of aryl methyl sites for hydroxylation is 1. The van der Waals surface area contributed by atoms with Crippen molar-refractivity contribution < 1.29 is 9.53 Å². The van der Waals surface area contributed by atoms with Crippen molar-refractivity contribution in [2.24, 2.45) is 5.73 Å². The molecule has 1 aromatic carbocycles. The Labute approximate surface area is 221 Å². The summed E-state index contributed by atoms with van der Waals surface area (Å²) in [6.07, 6.45) is 7.10. The van der Waals surface area contributed by atoms with Crippen molar-refractivity contribution in [2.45, 2.75) is 39.0 Å². The smallest absolute Gasteiger partial charge is 0.260 e. The topological polar surface area (TPSA) is 108 Å². The minimum absolute atomic E-state index is 0.452. The number of ether oxygens (including phenoxy) is 1. The van der Waals surface area contributed by atoms with E-state index in [4.69, 9.17) is 10.5 Å². The lowest BCUT2D eigenvalue weighted by atomic mass is 9.86. The van der Waals surface area contributed by atoms with Crippen LogP contribution < -0.4 is 21.1 Å². The number of likely N-dealkylation sites (tertiary alicyclic amines) is 1. The molecule has 0 saturated carbocycles. The van der Waals surface area contributed by atoms with E-state index in [0.717, 1.165) is 46.9 Å². The van der Waals surface area contributed by atoms with Crippen LogP contribution >= 0.6 is 11.3 Å². The van der Waals surface area contributed by atoms with Crippen LogP contribution in [-0.4, -0.2) is 47.5 Å². The number of thiophene rings is 1. The number of benzene rings is 1. The van der Waals surface area contributed by atoms with Crippen molar-refractivity contribution >= 4 is 51.0 Å². The van der Waals surface area contributed by atoms with Crippen LogP contribution in [0.4, 0.5) is 22.9 Å². The van der Waals surface area contributed by atoms with Crippen LogP contribution in [-0.2, 0) is 0 Å². The van der Waals surface area contributed by atoms with E-state index in [1.165, 1.54) is 48.3 Å². The van der Waals surface area contributed by atoms with Crippen molar-refractivity contribution in [2.75, 3.05) is 37.4 Å². The third-order valence-electron chi connectivity index (χ3n) is 7.13. The van der Waals surface area contributed by atoms with E-state index < -0.39 is 5.91 Å². The van der Waals surface area contributed by atoms with Gasteiger partial charge in [0, 0.05) is 5.39 Å². The number of hydrogen-bond donors (Lipinski definition) is 4. The fraction of sp³-hybridized carbons (Fsp3) is 0.357. The van der Waals surface area contributed by atoms with Gasteiger partial charge in [0.2, 0.25) is 0 Å². The molecule has 1 amide bonds. The summed E-state index contributed by atoms with van der Waals surface area (Å²) in [4.78, 5) is 22.6. The lowest BCUT2D eigenvalue weighted by molar-refractivity contribution is 0.100. The van der Waals surface area contributed by atoms with Crippen molar-refractivity contribution in [1.82, 2.24) is 14.9 Å². The summed E-state index contributed by atoms with van der Waals surface area (Å²) in [6.45, 7) is 7.94. The number of aromatic amines is 1. The van der Waals surface area contributed by atoms with Crippen LogP contribution in [0.15, 0.2) is 42.0 Å². The normalized spacial score (nSPS) is 14.7. The Bertz CT molecular complexity index is 1400. The summed E-state index contributed by atoms with van der Waals surface area (Å²) < 4.78 is 5.81. The summed E-state index contributed by atoms with van der Waals surface area (Å²) in [5.74, 6) is 1.76. The van der Waals surface area contributed by atoms with Gasteiger partial charge < -0.3 is 31.0 Å². The third-order valence-corrected chi connectivity index (χ3v) is 8.06. The molecule has 1 aliphatic heterocycles. The lowest BCUT2D eigenvalue weighted by Crippen LogP contribution is -2.33. The molecule has 5 N–H and O–H groups in total. The van der Waals surface area contributed by atoms with E-state index in [0.29, 0.717) is 16.5 Å². The zero-order valence-electron chi connectivity index (χ0n) is 21.6. The summed E-state index contributed by atoms with van der Waals surface area (Å²) in [7, 11) is 1.72. The molecule has 9 heteroatoms. The molecule has 194 valence electrons. The van der Waals surface area contributed by atoms with Gasteiger partial charge in [-0.05, 0) is 92.5 Å². The highest BCUT2D eigenvalue weighted by Gasteiger charge is 2.23. The van der Waals surface area contributed by atoms with Gasteiger partial charge in [0.1, 0.15) is 16.4 Å². The second-order valence-corrected chi connectivity index (χ2v) is 10.6. The number of carbonyl (C=O) groups is 1. The number of hydrogen-bond acceptors (Lipinski definition) is 7. The van der Waals surface area contributed by atoms with Crippen molar-refractivity contribution in [3.63, 3.8) is 0 Å². The molecule has 5 rings (SSSR count). The maximum absolute atomic E-state index is 11.7. The Balaban J connectivity index is 1.38. The molecule has 8 nitrogen and oxygen atoms in total. The van der Waals surface area contributed by atoms with E-state index in [2.05, 4.69) is 51.5 Å². The molecule has 4 aromatic rings. The van der Waals surface area contributed by atoms with E-state index in [9.17, 15) is 4.79 Å². The van der Waals surface area contributed by atoms with Gasteiger partial charge >= 0.3 is 0 Å². The standard InChI is InChI=1S/C28H34N6O2S/c1-4-8-34-9-5-18(6-10-34)19-13-25(36-3)22(12-17(19)2)32-26-14-20-23(15-30-16-24(20)33-26)31-21-7-11-37-27(21)28(29)35/h7,11-16,18,31-33H,4-6,8-10H2,1-3H3,(H2,29,35). The molecule has 1 fully saturated rings. The highest BCUT2D eigenvalue weighted by atomic mass is 32.1. The first-order chi connectivity index (χ1) is 18.0. The Kier molecular flexibility index (Phi) is 7.34. The number of piperidine rings is 1. The highest BCUT2D eigenvalue weighted by molar-refractivity contribution is 7.12. The molecular formula is C28H34N6O2S. The molecule has 0 spiro atoms. The second-order valence-electron chi connectivity index (χ2n) is 9.63. The Hall–Kier alpha value is -3.56. The van der Waals surface area contributed by atoms with Gasteiger partial charge in [-0.25, -0.2) is 0 Å². The second kappa shape index (κ2) is 10.8. The summed E-state index contributed by atoms with van der Waals surface area (Å²) >= 11 is 1.31. The predicted octanol–water partition coefficient (Wildman–Crippen LogP) is 6.12. The maximum Gasteiger partial charge on any atom is 0.260 e. The molecule has 37 heavy (non-hydrogen) atoms. The number of amides is 1. The minimum Gasteiger partial charge on any atom is -0.495 e. The average Bonchev–Trinajstić information content (AvgIpc) is 3.52. The zero-order chi connectivity index (χ0) is 25.9. The monoisotopic (exact) mass is 518 g/mol. The molecule has 4 heterocycles. The van der Waals surface area contributed by atoms with Crippen LogP contribution in [0.5, 0.6) is 5.75 Å². The van der Waals surface area contributed by atoms with Gasteiger partial charge in [-0.1, -0.05) is 6.92 Å². The fourth-order valence-corrected chi connectivity index (χ4v) is 6.00. The van der Waals surface area contributed by atoms with Crippen molar-refractivity contribution in [1.29, 1.82) is 0 Å². The number of primary amides is 1. The van der Waals surface area contributed by atoms with Gasteiger partial charge in [-0.2, -0.15) is 0 Å². The number of rotatable bonds is 9. The number of nitrogens with two attached hydrogens (primary N) is 1. The summed E-state index contributed by atoms with van der Waals surface area (Å²) in [5.41, 5.74) is 11.4. The molecule has 3 aromatic heterocycles. The number of fused-ring (bicyclic) bond motifs is 1. The van der Waals surface area contributed by atoms with E-state index in [1.54, 1.807) is 19.5 Å². The quantitative estimate of drug-likeness (QED) is 0.213. The number of nitrogens with zero attached hydrogens (tertiary/aromatic N) is 2. The van der Waals surface area contributed by atoms with Gasteiger partial charge in [-0.15, -0.1) is 11.3 Å². The molecule has 1 saturated heterocycles. The first-order valence-electron chi connectivity index (χ1n) is 12.8. The molecule has 0 aliphatic carbocycles. The highest BCUT2D eigenvalue weighted by Crippen LogP contribution is 2.38. The number of anilines is 4. The number of H-pyrrole nitrogens is 1. The third kappa shape index (κ3) is 5.28. The molecule has 0 radical (unpaired) electrons. The zero-order valence-corrected chi connectivity index (χ0v) is 22.4. The molecule has 0 atom stereocenters. The number of pyridine rings is 1. The predicted molar refractivity (Wildman–Crippen MR) is 152 cm³/mol. The SMILES string of the molecule is CCCN1CCC(c2cc(OC)c(Nc3cc4c(Nc5ccsc5C(N)=O)cncc4[nH]3)cc2C)CC1. The van der Waals surface area contributed by atoms with E-state index in [-0.39, 0.29) is 0 Å². The fourth-order valence-electron chi connectivity index (χ4n) is 5.30. The Morgan fingerprint density at radius 3 is 2.73 bits per heavy atom. The number of nitrogens with one attached hydrogen (secondary N) is 3. The number of methoxy groups -OCH3 is 1. The molecular weight excluding hydrogens is 484 g/mol. The van der Waals surface area contributed by atoms with Crippen LogP contribution in [0.1, 0.15) is 52.9 Å². The minimum atomic E-state index is -0.452. The van der Waals surface area contributed by atoms with Crippen LogP contribution in [0.3, 0.4) is 0 Å². The first kappa shape index (κ1) is 25.1. The molecule has 0 unspecified atom stereocenters. The number of aromatic nitrogens is 2. The Morgan fingerprint density at radius 1 is 1.19 bits per heavy atom. The van der Waals surface area contributed by atoms with Gasteiger partial charge in [0.15, 0.2) is 0 Å². The molecule has 1 aliphatic rings. The van der Waals surface area contributed by atoms with Gasteiger partial charge in [0.05, 0.1) is 42.1 Å². The van der Waals surface area contributed by atoms with Gasteiger partial charge in [-0.3, -0.25) is 9.78 Å². The molecule has 0 bridgehead atoms.